The van der Waals surface area contributed by atoms with Crippen molar-refractivity contribution in [2.75, 3.05) is 26.7 Å². The highest BCUT2D eigenvalue weighted by Gasteiger charge is 2.06. The predicted octanol–water partition coefficient (Wildman–Crippen LogP) is 1.47. The van der Waals surface area contributed by atoms with Crippen molar-refractivity contribution in [3.8, 4) is 0 Å². The van der Waals surface area contributed by atoms with Crippen LogP contribution in [0.1, 0.15) is 23.4 Å². The van der Waals surface area contributed by atoms with E-state index < -0.39 is 0 Å². The second-order valence-electron chi connectivity index (χ2n) is 4.65. The van der Waals surface area contributed by atoms with E-state index in [0.717, 1.165) is 19.6 Å². The Labute approximate surface area is 99.2 Å². The summed E-state index contributed by atoms with van der Waals surface area (Å²) in [7, 11) is 4.27. The van der Waals surface area contributed by atoms with Crippen LogP contribution in [-0.4, -0.2) is 36.1 Å². The first-order chi connectivity index (χ1) is 7.56. The van der Waals surface area contributed by atoms with Gasteiger partial charge in [-0.2, -0.15) is 0 Å². The Hall–Kier alpha value is -0.800. The molecule has 1 aromatic heterocycles. The molecule has 0 fully saturated rings. The predicted molar refractivity (Wildman–Crippen MR) is 69.8 cm³/mol. The normalized spacial score (nSPS) is 11.4. The maximum absolute atomic E-state index is 5.51. The van der Waals surface area contributed by atoms with Gasteiger partial charge in [0.25, 0.3) is 0 Å². The molecule has 3 heteroatoms. The van der Waals surface area contributed by atoms with Crippen molar-refractivity contribution >= 4 is 0 Å². The summed E-state index contributed by atoms with van der Waals surface area (Å²) in [5.74, 6) is 0. The van der Waals surface area contributed by atoms with Crippen LogP contribution in [0.5, 0.6) is 0 Å². The molecule has 0 radical (unpaired) electrons. The lowest BCUT2D eigenvalue weighted by atomic mass is 10.1. The number of nitrogens with two attached hydrogens (primary N) is 1. The molecule has 0 amide bonds. The average molecular weight is 223 g/mol. The van der Waals surface area contributed by atoms with E-state index in [1.165, 1.54) is 29.8 Å². The Morgan fingerprint density at radius 3 is 2.50 bits per heavy atom. The van der Waals surface area contributed by atoms with Crippen LogP contribution in [0.3, 0.4) is 0 Å². The molecule has 0 aromatic carbocycles. The molecule has 1 aromatic rings. The molecule has 1 rings (SSSR count). The first-order valence-corrected chi connectivity index (χ1v) is 6.06. The number of aromatic nitrogens is 1. The Bertz CT molecular complexity index is 328. The van der Waals surface area contributed by atoms with Gasteiger partial charge in [0, 0.05) is 31.5 Å². The van der Waals surface area contributed by atoms with E-state index >= 15 is 0 Å². The maximum atomic E-state index is 5.51. The second kappa shape index (κ2) is 6.06. The van der Waals surface area contributed by atoms with Gasteiger partial charge in [0.2, 0.25) is 0 Å². The number of likely N-dealkylation sites (N-methyl/N-ethyl adjacent to an activating group) is 1. The highest BCUT2D eigenvalue weighted by molar-refractivity contribution is 5.26. The summed E-state index contributed by atoms with van der Waals surface area (Å²) in [6.07, 6.45) is 2.38. The highest BCUT2D eigenvalue weighted by atomic mass is 15.1. The van der Waals surface area contributed by atoms with Crippen LogP contribution in [0.15, 0.2) is 6.07 Å². The van der Waals surface area contributed by atoms with Crippen molar-refractivity contribution < 1.29 is 0 Å². The lowest BCUT2D eigenvalue weighted by Gasteiger charge is -2.14. The van der Waals surface area contributed by atoms with Crippen LogP contribution in [0, 0.1) is 13.8 Å². The van der Waals surface area contributed by atoms with Crippen molar-refractivity contribution in [1.29, 1.82) is 0 Å². The van der Waals surface area contributed by atoms with Crippen molar-refractivity contribution in [3.05, 3.63) is 23.0 Å². The lowest BCUT2D eigenvalue weighted by molar-refractivity contribution is 0.338. The summed E-state index contributed by atoms with van der Waals surface area (Å²) in [5.41, 5.74) is 9.75. The summed E-state index contributed by atoms with van der Waals surface area (Å²) in [4.78, 5) is 2.30. The molecule has 0 aliphatic carbocycles. The Kier molecular flexibility index (Phi) is 5.03. The van der Waals surface area contributed by atoms with Gasteiger partial charge in [0.1, 0.15) is 0 Å². The molecule has 0 atom stereocenters. The molecule has 0 spiro atoms. The Morgan fingerprint density at radius 1 is 1.31 bits per heavy atom. The number of nitrogens with zero attached hydrogens (tertiary/aromatic N) is 2. The number of aryl methyl sites for hydroxylation is 2. The highest BCUT2D eigenvalue weighted by Crippen LogP contribution is 2.14. The van der Waals surface area contributed by atoms with Crippen molar-refractivity contribution in [2.24, 2.45) is 12.8 Å². The van der Waals surface area contributed by atoms with Crippen LogP contribution < -0.4 is 5.73 Å². The van der Waals surface area contributed by atoms with E-state index in [1.54, 1.807) is 0 Å². The van der Waals surface area contributed by atoms with Gasteiger partial charge in [0.15, 0.2) is 0 Å². The third-order valence-electron chi connectivity index (χ3n) is 3.38. The third-order valence-corrected chi connectivity index (χ3v) is 3.38. The summed E-state index contributed by atoms with van der Waals surface area (Å²) in [6.45, 7) is 7.24. The molecule has 1 heterocycles. The molecule has 92 valence electrons. The number of rotatable bonds is 6. The summed E-state index contributed by atoms with van der Waals surface area (Å²) in [5, 5.41) is 0. The molecule has 16 heavy (non-hydrogen) atoms. The smallest absolute Gasteiger partial charge is 0.0175 e. The minimum absolute atomic E-state index is 0.750. The largest absolute Gasteiger partial charge is 0.352 e. The van der Waals surface area contributed by atoms with Gasteiger partial charge < -0.3 is 15.2 Å². The van der Waals surface area contributed by atoms with Crippen molar-refractivity contribution in [3.63, 3.8) is 0 Å². The molecular formula is C13H25N3. The van der Waals surface area contributed by atoms with Crippen LogP contribution in [0.25, 0.3) is 0 Å². The van der Waals surface area contributed by atoms with E-state index in [9.17, 15) is 0 Å². The van der Waals surface area contributed by atoms with E-state index in [4.69, 9.17) is 5.73 Å². The second-order valence-corrected chi connectivity index (χ2v) is 4.65. The van der Waals surface area contributed by atoms with Crippen molar-refractivity contribution in [2.45, 2.75) is 26.7 Å². The van der Waals surface area contributed by atoms with Crippen molar-refractivity contribution in [1.82, 2.24) is 9.47 Å². The van der Waals surface area contributed by atoms with E-state index in [1.807, 2.05) is 0 Å². The molecule has 0 aliphatic heterocycles. The third kappa shape index (κ3) is 3.35. The van der Waals surface area contributed by atoms with Crippen LogP contribution in [0.4, 0.5) is 0 Å². The van der Waals surface area contributed by atoms with Crippen LogP contribution in [0.2, 0.25) is 0 Å². The van der Waals surface area contributed by atoms with Crippen LogP contribution >= 0.6 is 0 Å². The van der Waals surface area contributed by atoms with Gasteiger partial charge in [-0.05, 0) is 51.9 Å². The summed E-state index contributed by atoms with van der Waals surface area (Å²) >= 11 is 0. The number of hydrogen-bond acceptors (Lipinski definition) is 2. The van der Waals surface area contributed by atoms with Gasteiger partial charge in [0.05, 0.1) is 0 Å². The summed E-state index contributed by atoms with van der Waals surface area (Å²) in [6, 6.07) is 2.30. The monoisotopic (exact) mass is 223 g/mol. The van der Waals surface area contributed by atoms with Gasteiger partial charge >= 0.3 is 0 Å². The van der Waals surface area contributed by atoms with Gasteiger partial charge in [-0.3, -0.25) is 0 Å². The topological polar surface area (TPSA) is 34.2 Å². The van der Waals surface area contributed by atoms with E-state index in [0.29, 0.717) is 0 Å². The Balaban J connectivity index is 2.40. The minimum Gasteiger partial charge on any atom is -0.352 e. The first-order valence-electron chi connectivity index (χ1n) is 6.06. The molecule has 2 N–H and O–H groups in total. The molecular weight excluding hydrogens is 198 g/mol. The minimum atomic E-state index is 0.750. The zero-order valence-corrected chi connectivity index (χ0v) is 11.1. The fourth-order valence-corrected chi connectivity index (χ4v) is 2.06. The van der Waals surface area contributed by atoms with Crippen LogP contribution in [-0.2, 0) is 13.5 Å². The SMILES string of the molecule is Cc1cc(CCCN(C)CCN)c(C)n1C. The molecule has 3 nitrogen and oxygen atoms in total. The Morgan fingerprint density at radius 2 is 2.00 bits per heavy atom. The zero-order chi connectivity index (χ0) is 12.1. The van der Waals surface area contributed by atoms with Gasteiger partial charge in [-0.25, -0.2) is 0 Å². The average Bonchev–Trinajstić information content (AvgIpc) is 2.47. The molecule has 0 bridgehead atoms. The molecule has 0 unspecified atom stereocenters. The van der Waals surface area contributed by atoms with E-state index in [2.05, 4.69) is 43.5 Å². The summed E-state index contributed by atoms with van der Waals surface area (Å²) < 4.78 is 2.26. The van der Waals surface area contributed by atoms with Gasteiger partial charge in [-0.1, -0.05) is 0 Å². The molecule has 0 aliphatic rings. The van der Waals surface area contributed by atoms with E-state index in [-0.39, 0.29) is 0 Å². The number of hydrogen-bond donors (Lipinski definition) is 1. The van der Waals surface area contributed by atoms with Gasteiger partial charge in [-0.15, -0.1) is 0 Å². The fraction of sp³-hybridized carbons (Fsp3) is 0.692. The molecule has 0 saturated carbocycles. The quantitative estimate of drug-likeness (QED) is 0.792. The first kappa shape index (κ1) is 13.3. The lowest BCUT2D eigenvalue weighted by Crippen LogP contribution is -2.26. The fourth-order valence-electron chi connectivity index (χ4n) is 2.06. The molecule has 0 saturated heterocycles. The standard InChI is InChI=1S/C13H25N3/c1-11-10-13(12(2)16(11)4)6-5-8-15(3)9-7-14/h10H,5-9,14H2,1-4H3. The maximum Gasteiger partial charge on any atom is 0.0175 e. The zero-order valence-electron chi connectivity index (χ0n) is 11.1.